The molecule has 1 N–H and O–H groups in total. The first-order chi connectivity index (χ1) is 13.2. The number of nitrogens with zero attached hydrogens (tertiary/aromatic N) is 1. The molecule has 0 saturated heterocycles. The van der Waals surface area contributed by atoms with Crippen LogP contribution in [0, 0.1) is 0 Å². The summed E-state index contributed by atoms with van der Waals surface area (Å²) in [4.78, 5) is 16.6. The van der Waals surface area contributed by atoms with Crippen LogP contribution in [0.25, 0.3) is 0 Å². The van der Waals surface area contributed by atoms with Gasteiger partial charge in [0, 0.05) is 33.7 Å². The van der Waals surface area contributed by atoms with Crippen molar-refractivity contribution in [2.24, 2.45) is 0 Å². The van der Waals surface area contributed by atoms with Gasteiger partial charge in [0.25, 0.3) is 5.91 Å². The highest BCUT2D eigenvalue weighted by molar-refractivity contribution is 9.10. The van der Waals surface area contributed by atoms with Crippen molar-refractivity contribution in [1.82, 2.24) is 4.98 Å². The minimum Gasteiger partial charge on any atom is -0.490 e. The van der Waals surface area contributed by atoms with Gasteiger partial charge in [-0.05, 0) is 49.4 Å². The van der Waals surface area contributed by atoms with Crippen LogP contribution in [0.5, 0.6) is 11.5 Å². The smallest absolute Gasteiger partial charge is 0.255 e. The van der Waals surface area contributed by atoms with Crippen molar-refractivity contribution in [2.75, 3.05) is 11.9 Å². The van der Waals surface area contributed by atoms with E-state index in [0.29, 0.717) is 36.0 Å². The van der Waals surface area contributed by atoms with Crippen molar-refractivity contribution >= 4 is 27.5 Å². The van der Waals surface area contributed by atoms with Gasteiger partial charge in [-0.15, -0.1) is 0 Å². The van der Waals surface area contributed by atoms with Crippen molar-refractivity contribution in [3.63, 3.8) is 0 Å². The number of rotatable bonds is 7. The molecule has 0 aliphatic carbocycles. The van der Waals surface area contributed by atoms with E-state index in [1.807, 2.05) is 43.3 Å². The predicted octanol–water partition coefficient (Wildman–Crippen LogP) is 5.07. The number of anilines is 1. The highest BCUT2D eigenvalue weighted by Gasteiger charge is 2.12. The van der Waals surface area contributed by atoms with Crippen LogP contribution in [0.3, 0.4) is 0 Å². The first-order valence-electron chi connectivity index (χ1n) is 8.51. The quantitative estimate of drug-likeness (QED) is 0.572. The van der Waals surface area contributed by atoms with Gasteiger partial charge >= 0.3 is 0 Å². The third-order valence-corrected chi connectivity index (χ3v) is 4.20. The Labute approximate surface area is 166 Å². The summed E-state index contributed by atoms with van der Waals surface area (Å²) in [5, 5.41) is 2.87. The van der Waals surface area contributed by atoms with E-state index >= 15 is 0 Å². The van der Waals surface area contributed by atoms with Crippen LogP contribution in [0.2, 0.25) is 0 Å². The summed E-state index contributed by atoms with van der Waals surface area (Å²) in [5.41, 5.74) is 2.16. The van der Waals surface area contributed by atoms with Crippen LogP contribution < -0.4 is 14.8 Å². The third kappa shape index (κ3) is 5.31. The van der Waals surface area contributed by atoms with E-state index in [4.69, 9.17) is 9.47 Å². The fraction of sp³-hybridized carbons (Fsp3) is 0.143. The molecule has 0 spiro atoms. The molecule has 0 saturated carbocycles. The average molecular weight is 427 g/mol. The van der Waals surface area contributed by atoms with E-state index in [0.717, 1.165) is 10.0 Å². The normalized spacial score (nSPS) is 10.3. The lowest BCUT2D eigenvalue weighted by Crippen LogP contribution is -2.12. The van der Waals surface area contributed by atoms with Gasteiger partial charge in [0.15, 0.2) is 11.5 Å². The Bertz CT molecular complexity index is 916. The summed E-state index contributed by atoms with van der Waals surface area (Å²) < 4.78 is 12.4. The molecule has 27 heavy (non-hydrogen) atoms. The molecule has 3 rings (SSSR count). The molecule has 6 heteroatoms. The van der Waals surface area contributed by atoms with E-state index in [1.165, 1.54) is 0 Å². The second-order valence-corrected chi connectivity index (χ2v) is 6.62. The Kier molecular flexibility index (Phi) is 6.44. The number of ether oxygens (including phenoxy) is 2. The summed E-state index contributed by atoms with van der Waals surface area (Å²) in [6.45, 7) is 2.73. The van der Waals surface area contributed by atoms with Crippen molar-refractivity contribution in [1.29, 1.82) is 0 Å². The molecule has 138 valence electrons. The van der Waals surface area contributed by atoms with E-state index in [-0.39, 0.29) is 5.91 Å². The molecule has 0 aliphatic heterocycles. The first kappa shape index (κ1) is 18.9. The van der Waals surface area contributed by atoms with Gasteiger partial charge in [-0.1, -0.05) is 28.1 Å². The number of hydrogen-bond donors (Lipinski definition) is 1. The molecule has 0 fully saturated rings. The molecule has 0 aliphatic rings. The van der Waals surface area contributed by atoms with Crippen LogP contribution in [0.4, 0.5) is 5.69 Å². The molecule has 3 aromatic rings. The molecule has 5 nitrogen and oxygen atoms in total. The predicted molar refractivity (Wildman–Crippen MR) is 108 cm³/mol. The molecule has 1 amide bonds. The maximum Gasteiger partial charge on any atom is 0.255 e. The summed E-state index contributed by atoms with van der Waals surface area (Å²) in [6, 6.07) is 16.4. The molecule has 1 heterocycles. The molecular formula is C21H19BrN2O3. The number of halogens is 1. The molecule has 0 radical (unpaired) electrons. The number of hydrogen-bond acceptors (Lipinski definition) is 4. The standard InChI is InChI=1S/C21H19BrN2O3/c1-2-26-20-11-16(21(25)24-18-7-3-6-17(22)12-18)8-9-19(20)27-14-15-5-4-10-23-13-15/h3-13H,2,14H2,1H3,(H,24,25). The summed E-state index contributed by atoms with van der Waals surface area (Å²) in [5.74, 6) is 0.899. The van der Waals surface area contributed by atoms with E-state index in [1.54, 1.807) is 30.6 Å². The lowest BCUT2D eigenvalue weighted by atomic mass is 10.1. The maximum atomic E-state index is 12.5. The average Bonchev–Trinajstić information content (AvgIpc) is 2.68. The SMILES string of the molecule is CCOc1cc(C(=O)Nc2cccc(Br)c2)ccc1OCc1cccnc1. The Morgan fingerprint density at radius 2 is 1.96 bits per heavy atom. The fourth-order valence-corrected chi connectivity index (χ4v) is 2.85. The van der Waals surface area contributed by atoms with Gasteiger partial charge in [-0.2, -0.15) is 0 Å². The largest absolute Gasteiger partial charge is 0.490 e. The lowest BCUT2D eigenvalue weighted by molar-refractivity contribution is 0.102. The second-order valence-electron chi connectivity index (χ2n) is 5.71. The molecular weight excluding hydrogens is 408 g/mol. The monoisotopic (exact) mass is 426 g/mol. The van der Waals surface area contributed by atoms with Crippen molar-refractivity contribution in [3.05, 3.63) is 82.6 Å². The summed E-state index contributed by atoms with van der Waals surface area (Å²) in [6.07, 6.45) is 3.47. The van der Waals surface area contributed by atoms with E-state index in [2.05, 4.69) is 26.2 Å². The van der Waals surface area contributed by atoms with E-state index < -0.39 is 0 Å². The van der Waals surface area contributed by atoms with Crippen LogP contribution in [-0.2, 0) is 6.61 Å². The van der Waals surface area contributed by atoms with Crippen molar-refractivity contribution < 1.29 is 14.3 Å². The second kappa shape index (κ2) is 9.19. The maximum absolute atomic E-state index is 12.5. The Morgan fingerprint density at radius 1 is 1.07 bits per heavy atom. The molecule has 2 aromatic carbocycles. The van der Waals surface area contributed by atoms with Crippen molar-refractivity contribution in [2.45, 2.75) is 13.5 Å². The number of carbonyl (C=O) groups is 1. The number of carbonyl (C=O) groups excluding carboxylic acids is 1. The Morgan fingerprint density at radius 3 is 2.70 bits per heavy atom. The zero-order valence-corrected chi connectivity index (χ0v) is 16.4. The zero-order chi connectivity index (χ0) is 19.1. The zero-order valence-electron chi connectivity index (χ0n) is 14.8. The van der Waals surface area contributed by atoms with Crippen LogP contribution >= 0.6 is 15.9 Å². The summed E-state index contributed by atoms with van der Waals surface area (Å²) in [7, 11) is 0. The van der Waals surface area contributed by atoms with Gasteiger partial charge in [-0.25, -0.2) is 0 Å². The van der Waals surface area contributed by atoms with Crippen LogP contribution in [0.1, 0.15) is 22.8 Å². The minimum atomic E-state index is -0.215. The molecule has 0 bridgehead atoms. The Balaban J connectivity index is 1.75. The van der Waals surface area contributed by atoms with E-state index in [9.17, 15) is 4.79 Å². The molecule has 0 unspecified atom stereocenters. The fourth-order valence-electron chi connectivity index (χ4n) is 2.45. The van der Waals surface area contributed by atoms with Crippen molar-refractivity contribution in [3.8, 4) is 11.5 Å². The molecule has 1 aromatic heterocycles. The van der Waals surface area contributed by atoms with Gasteiger partial charge in [0.1, 0.15) is 6.61 Å². The minimum absolute atomic E-state index is 0.215. The highest BCUT2D eigenvalue weighted by Crippen LogP contribution is 2.29. The van der Waals surface area contributed by atoms with Gasteiger partial charge in [-0.3, -0.25) is 9.78 Å². The lowest BCUT2D eigenvalue weighted by Gasteiger charge is -2.13. The number of pyridine rings is 1. The Hall–Kier alpha value is -2.86. The van der Waals surface area contributed by atoms with Gasteiger partial charge in [0.05, 0.1) is 6.61 Å². The third-order valence-electron chi connectivity index (χ3n) is 3.71. The van der Waals surface area contributed by atoms with Gasteiger partial charge < -0.3 is 14.8 Å². The highest BCUT2D eigenvalue weighted by atomic mass is 79.9. The summed E-state index contributed by atoms with van der Waals surface area (Å²) >= 11 is 3.39. The topological polar surface area (TPSA) is 60.5 Å². The number of nitrogens with one attached hydrogen (secondary N) is 1. The first-order valence-corrected chi connectivity index (χ1v) is 9.30. The molecule has 0 atom stereocenters. The van der Waals surface area contributed by atoms with Crippen LogP contribution in [0.15, 0.2) is 71.5 Å². The van der Waals surface area contributed by atoms with Crippen LogP contribution in [-0.4, -0.2) is 17.5 Å². The number of amides is 1. The van der Waals surface area contributed by atoms with Gasteiger partial charge in [0.2, 0.25) is 0 Å². The number of aromatic nitrogens is 1. The number of benzene rings is 2.